The Balaban J connectivity index is 1.74. The van der Waals surface area contributed by atoms with Gasteiger partial charge < -0.3 is 20.4 Å². The van der Waals surface area contributed by atoms with Gasteiger partial charge in [0.2, 0.25) is 0 Å². The number of aliphatic hydroxyl groups is 4. The molecule has 4 nitrogen and oxygen atoms in total. The predicted octanol–water partition coefficient (Wildman–Crippen LogP) is 2.09. The Bertz CT molecular complexity index is 524. The lowest BCUT2D eigenvalue weighted by Gasteiger charge is -2.66. The van der Waals surface area contributed by atoms with Gasteiger partial charge in [-0.05, 0) is 80.0 Å². The van der Waals surface area contributed by atoms with E-state index in [-0.39, 0.29) is 30.0 Å². The number of hydrogen-bond acceptors (Lipinski definition) is 4. The molecule has 4 saturated carbocycles. The molecule has 0 radical (unpaired) electrons. The summed E-state index contributed by atoms with van der Waals surface area (Å²) < 4.78 is 0. The Hall–Kier alpha value is -0.160. The van der Waals surface area contributed by atoms with E-state index >= 15 is 0 Å². The van der Waals surface area contributed by atoms with Crippen LogP contribution in [0.1, 0.15) is 65.2 Å². The maximum atomic E-state index is 10.9. The quantitative estimate of drug-likeness (QED) is 0.621. The molecule has 4 fully saturated rings. The van der Waals surface area contributed by atoms with Crippen molar-refractivity contribution in [3.05, 3.63) is 0 Å². The van der Waals surface area contributed by atoms with Gasteiger partial charge in [0.15, 0.2) is 0 Å². The molecule has 0 amide bonds. The molecule has 0 saturated heterocycles. The van der Waals surface area contributed by atoms with Gasteiger partial charge in [-0.3, -0.25) is 0 Å². The standard InChI is InChI=1S/C20H34O4/c1-17(11-21)15-4-3-13-9-14-10-19(13,7-8-20(14,24)12-22)18(15,2)6-5-16(17)23/h13-16,21-24H,3-12H2,1-2H3/t13-,14+,15+,16+,17-,18-,19-,20-/m0/s1. The van der Waals surface area contributed by atoms with Crippen molar-refractivity contribution in [3.8, 4) is 0 Å². The van der Waals surface area contributed by atoms with E-state index in [2.05, 4.69) is 13.8 Å². The van der Waals surface area contributed by atoms with Crippen LogP contribution < -0.4 is 0 Å². The maximum absolute atomic E-state index is 10.9. The van der Waals surface area contributed by atoms with Crippen molar-refractivity contribution in [3.63, 3.8) is 0 Å². The Labute approximate surface area is 145 Å². The van der Waals surface area contributed by atoms with E-state index in [0.717, 1.165) is 44.9 Å². The lowest BCUT2D eigenvalue weighted by molar-refractivity contribution is -0.216. The first kappa shape index (κ1) is 17.3. The normalized spacial score (nSPS) is 59.8. The summed E-state index contributed by atoms with van der Waals surface area (Å²) in [5, 5.41) is 41.3. The Morgan fingerprint density at radius 1 is 0.917 bits per heavy atom. The number of fused-ring (bicyclic) bond motifs is 2. The summed E-state index contributed by atoms with van der Waals surface area (Å²) in [5.41, 5.74) is -0.949. The van der Waals surface area contributed by atoms with Gasteiger partial charge in [-0.2, -0.15) is 0 Å². The van der Waals surface area contributed by atoms with Crippen LogP contribution >= 0.6 is 0 Å². The third kappa shape index (κ3) is 1.84. The highest BCUT2D eigenvalue weighted by atomic mass is 16.3. The lowest BCUT2D eigenvalue weighted by Crippen LogP contribution is -2.63. The van der Waals surface area contributed by atoms with E-state index in [1.54, 1.807) is 0 Å². The SMILES string of the molecule is C[C@@]1(CO)[C@H](O)CC[C@@]2(C)[C@@H]1CC[C@H]1C[C@@H]3C[C@@]12CC[C@]3(O)CO. The molecule has 24 heavy (non-hydrogen) atoms. The van der Waals surface area contributed by atoms with Crippen LogP contribution in [0, 0.1) is 34.0 Å². The summed E-state index contributed by atoms with van der Waals surface area (Å²) in [5.74, 6) is 1.18. The summed E-state index contributed by atoms with van der Waals surface area (Å²) in [7, 11) is 0. The van der Waals surface area contributed by atoms with Crippen LogP contribution in [0.5, 0.6) is 0 Å². The van der Waals surface area contributed by atoms with Crippen molar-refractivity contribution in [1.82, 2.24) is 0 Å². The Kier molecular flexibility index (Phi) is 3.73. The lowest BCUT2D eigenvalue weighted by atomic mass is 9.39. The monoisotopic (exact) mass is 338 g/mol. The van der Waals surface area contributed by atoms with Crippen LogP contribution in [0.4, 0.5) is 0 Å². The number of rotatable bonds is 2. The first-order valence-electron chi connectivity index (χ1n) is 9.88. The van der Waals surface area contributed by atoms with Gasteiger partial charge >= 0.3 is 0 Å². The fourth-order valence-electron chi connectivity index (χ4n) is 7.93. The molecule has 138 valence electrons. The summed E-state index contributed by atoms with van der Waals surface area (Å²) in [6.07, 6.45) is 7.33. The van der Waals surface area contributed by atoms with Crippen molar-refractivity contribution < 1.29 is 20.4 Å². The molecule has 0 aromatic rings. The zero-order valence-corrected chi connectivity index (χ0v) is 15.2. The largest absolute Gasteiger partial charge is 0.396 e. The third-order valence-electron chi connectivity index (χ3n) is 9.54. The van der Waals surface area contributed by atoms with Crippen LogP contribution in [-0.4, -0.2) is 45.3 Å². The van der Waals surface area contributed by atoms with Gasteiger partial charge in [0, 0.05) is 5.41 Å². The van der Waals surface area contributed by atoms with Gasteiger partial charge in [-0.1, -0.05) is 13.8 Å². The second-order valence-electron chi connectivity index (χ2n) is 10.0. The van der Waals surface area contributed by atoms with E-state index in [9.17, 15) is 20.4 Å². The first-order chi connectivity index (χ1) is 11.3. The van der Waals surface area contributed by atoms with E-state index < -0.39 is 17.1 Å². The molecule has 1 spiro atoms. The van der Waals surface area contributed by atoms with Gasteiger partial charge in [-0.25, -0.2) is 0 Å². The highest BCUT2D eigenvalue weighted by Gasteiger charge is 2.70. The van der Waals surface area contributed by atoms with Crippen LogP contribution in [0.2, 0.25) is 0 Å². The fourth-order valence-corrected chi connectivity index (χ4v) is 7.93. The summed E-state index contributed by atoms with van der Waals surface area (Å²) in [6, 6.07) is 0. The molecule has 4 aliphatic rings. The van der Waals surface area contributed by atoms with Gasteiger partial charge in [0.05, 0.1) is 24.9 Å². The molecule has 4 heteroatoms. The van der Waals surface area contributed by atoms with Crippen molar-refractivity contribution in [1.29, 1.82) is 0 Å². The first-order valence-corrected chi connectivity index (χ1v) is 9.88. The molecular formula is C20H34O4. The van der Waals surface area contributed by atoms with E-state index in [1.165, 1.54) is 0 Å². The van der Waals surface area contributed by atoms with Gasteiger partial charge in [0.25, 0.3) is 0 Å². The van der Waals surface area contributed by atoms with Crippen LogP contribution in [0.25, 0.3) is 0 Å². The fraction of sp³-hybridized carbons (Fsp3) is 1.00. The summed E-state index contributed by atoms with van der Waals surface area (Å²) >= 11 is 0. The van der Waals surface area contributed by atoms with Crippen molar-refractivity contribution in [2.75, 3.05) is 13.2 Å². The third-order valence-corrected chi connectivity index (χ3v) is 9.54. The highest BCUT2D eigenvalue weighted by Crippen LogP contribution is 2.75. The van der Waals surface area contributed by atoms with Crippen molar-refractivity contribution in [2.24, 2.45) is 34.0 Å². The van der Waals surface area contributed by atoms with Crippen LogP contribution in [-0.2, 0) is 0 Å². The topological polar surface area (TPSA) is 80.9 Å². The zero-order valence-electron chi connectivity index (χ0n) is 15.2. The molecule has 0 heterocycles. The Morgan fingerprint density at radius 2 is 1.67 bits per heavy atom. The average molecular weight is 338 g/mol. The zero-order chi connectivity index (χ0) is 17.4. The minimum Gasteiger partial charge on any atom is -0.396 e. The molecule has 0 aliphatic heterocycles. The minimum absolute atomic E-state index is 0.0547. The molecule has 4 rings (SSSR count). The molecular weight excluding hydrogens is 304 g/mol. The smallest absolute Gasteiger partial charge is 0.0905 e. The molecule has 0 unspecified atom stereocenters. The minimum atomic E-state index is -0.886. The molecule has 8 atom stereocenters. The number of hydrogen-bond donors (Lipinski definition) is 4. The number of aliphatic hydroxyl groups excluding tert-OH is 3. The van der Waals surface area contributed by atoms with E-state index in [4.69, 9.17) is 0 Å². The summed E-state index contributed by atoms with van der Waals surface area (Å²) in [6.45, 7) is 4.43. The van der Waals surface area contributed by atoms with E-state index in [0.29, 0.717) is 18.3 Å². The van der Waals surface area contributed by atoms with Crippen molar-refractivity contribution >= 4 is 0 Å². The van der Waals surface area contributed by atoms with Gasteiger partial charge in [0.1, 0.15) is 0 Å². The highest BCUT2D eigenvalue weighted by molar-refractivity contribution is 5.19. The molecule has 4 N–H and O–H groups in total. The predicted molar refractivity (Wildman–Crippen MR) is 91.2 cm³/mol. The summed E-state index contributed by atoms with van der Waals surface area (Å²) in [4.78, 5) is 0. The van der Waals surface area contributed by atoms with Crippen molar-refractivity contribution in [2.45, 2.75) is 76.9 Å². The second-order valence-corrected chi connectivity index (χ2v) is 10.0. The second kappa shape index (κ2) is 5.18. The maximum Gasteiger partial charge on any atom is 0.0905 e. The van der Waals surface area contributed by atoms with Crippen LogP contribution in [0.15, 0.2) is 0 Å². The van der Waals surface area contributed by atoms with E-state index in [1.807, 2.05) is 0 Å². The molecule has 4 aliphatic carbocycles. The Morgan fingerprint density at radius 3 is 2.33 bits per heavy atom. The molecule has 0 aromatic heterocycles. The molecule has 2 bridgehead atoms. The van der Waals surface area contributed by atoms with Gasteiger partial charge in [-0.15, -0.1) is 0 Å². The van der Waals surface area contributed by atoms with Crippen LogP contribution in [0.3, 0.4) is 0 Å². The molecule has 0 aromatic carbocycles. The average Bonchev–Trinajstić information content (AvgIpc) is 2.93.